The Bertz CT molecular complexity index is 79.1. The first kappa shape index (κ1) is 8.76. The highest BCUT2D eigenvalue weighted by atomic mass is 35.5. The lowest BCUT2D eigenvalue weighted by atomic mass is 10.1. The van der Waals surface area contributed by atoms with E-state index in [0.29, 0.717) is 0 Å². The summed E-state index contributed by atoms with van der Waals surface area (Å²) in [6, 6.07) is 0. The average Bonchev–Trinajstić information content (AvgIpc) is 1.90. The zero-order valence-corrected chi connectivity index (χ0v) is 6.28. The first-order valence-corrected chi connectivity index (χ1v) is 3.18. The third-order valence-electron chi connectivity index (χ3n) is 1.57. The number of halogens is 1. The third-order valence-corrected chi connectivity index (χ3v) is 1.57. The summed E-state index contributed by atoms with van der Waals surface area (Å²) in [6.45, 7) is 2.20. The van der Waals surface area contributed by atoms with Gasteiger partial charge in [0, 0.05) is 13.1 Å². The second kappa shape index (κ2) is 4.62. The molecule has 3 heteroatoms. The van der Waals surface area contributed by atoms with Gasteiger partial charge in [-0.25, -0.2) is 0 Å². The minimum absolute atomic E-state index is 0. The number of nitrogens with one attached hydrogen (secondary N) is 1. The van der Waals surface area contributed by atoms with Gasteiger partial charge in [0.05, 0.1) is 6.34 Å². The van der Waals surface area contributed by atoms with E-state index in [9.17, 15) is 0 Å². The van der Waals surface area contributed by atoms with E-state index in [-0.39, 0.29) is 12.4 Å². The van der Waals surface area contributed by atoms with Crippen molar-refractivity contribution in [3.8, 4) is 0 Å². The van der Waals surface area contributed by atoms with Gasteiger partial charge in [-0.05, 0) is 19.3 Å². The molecule has 0 unspecified atom stereocenters. The first-order valence-electron chi connectivity index (χ1n) is 3.18. The molecule has 0 bridgehead atoms. The molecule has 0 spiro atoms. The molecule has 0 radical (unpaired) electrons. The van der Waals surface area contributed by atoms with Crippen LogP contribution in [0.3, 0.4) is 0 Å². The molecular weight excluding hydrogens is 136 g/mol. The van der Waals surface area contributed by atoms with E-state index < -0.39 is 0 Å². The molecule has 1 saturated heterocycles. The van der Waals surface area contributed by atoms with Crippen LogP contribution in [0.15, 0.2) is 0 Å². The highest BCUT2D eigenvalue weighted by Crippen LogP contribution is 2.05. The number of likely N-dealkylation sites (tertiary alicyclic amines) is 1. The Morgan fingerprint density at radius 1 is 1.11 bits per heavy atom. The largest absolute Gasteiger partial charge is 0.363 e. The third kappa shape index (κ3) is 2.70. The summed E-state index contributed by atoms with van der Waals surface area (Å²) in [6.07, 6.45) is 5.34. The Morgan fingerprint density at radius 2 is 1.67 bits per heavy atom. The molecule has 0 amide bonds. The molecule has 1 rings (SSSR count). The Balaban J connectivity index is 0.000000640. The van der Waals surface area contributed by atoms with Crippen molar-refractivity contribution < 1.29 is 0 Å². The van der Waals surface area contributed by atoms with Gasteiger partial charge in [-0.3, -0.25) is 5.41 Å². The van der Waals surface area contributed by atoms with Crippen LogP contribution in [0.1, 0.15) is 19.3 Å². The van der Waals surface area contributed by atoms with Crippen LogP contribution in [0.25, 0.3) is 0 Å². The summed E-state index contributed by atoms with van der Waals surface area (Å²) in [5.41, 5.74) is 0. The zero-order valence-electron chi connectivity index (χ0n) is 5.47. The molecular formula is C6H13ClN2. The number of hydrogen-bond acceptors (Lipinski definition) is 1. The Hall–Kier alpha value is -0.240. The molecule has 1 fully saturated rings. The van der Waals surface area contributed by atoms with Gasteiger partial charge >= 0.3 is 0 Å². The topological polar surface area (TPSA) is 27.1 Å². The van der Waals surface area contributed by atoms with Gasteiger partial charge in [0.2, 0.25) is 0 Å². The fraction of sp³-hybridized carbons (Fsp3) is 0.833. The molecule has 0 atom stereocenters. The highest BCUT2D eigenvalue weighted by molar-refractivity contribution is 5.85. The minimum atomic E-state index is 0. The molecule has 0 aromatic heterocycles. The summed E-state index contributed by atoms with van der Waals surface area (Å²) in [5.74, 6) is 0. The maximum absolute atomic E-state index is 6.90. The highest BCUT2D eigenvalue weighted by Gasteiger charge is 2.03. The predicted molar refractivity (Wildman–Crippen MR) is 41.5 cm³/mol. The first-order chi connectivity index (χ1) is 3.93. The molecule has 0 aromatic rings. The van der Waals surface area contributed by atoms with Crippen LogP contribution in [0.2, 0.25) is 0 Å². The second-order valence-electron chi connectivity index (χ2n) is 2.23. The molecule has 2 nitrogen and oxygen atoms in total. The van der Waals surface area contributed by atoms with E-state index in [4.69, 9.17) is 5.41 Å². The fourth-order valence-electron chi connectivity index (χ4n) is 1.05. The Kier molecular flexibility index (Phi) is 4.50. The van der Waals surface area contributed by atoms with E-state index in [1.165, 1.54) is 25.6 Å². The lowest BCUT2D eigenvalue weighted by molar-refractivity contribution is 0.349. The maximum Gasteiger partial charge on any atom is 0.0817 e. The van der Waals surface area contributed by atoms with Crippen LogP contribution in [-0.4, -0.2) is 24.3 Å². The van der Waals surface area contributed by atoms with E-state index in [1.807, 2.05) is 0 Å². The summed E-state index contributed by atoms with van der Waals surface area (Å²) in [5, 5.41) is 6.90. The van der Waals surface area contributed by atoms with Gasteiger partial charge in [-0.2, -0.15) is 0 Å². The standard InChI is InChI=1S/C6H12N2.ClH/c7-6-8-4-2-1-3-5-8;/h6-7H,1-5H2;1H. The number of hydrogen-bond donors (Lipinski definition) is 1. The maximum atomic E-state index is 6.90. The second-order valence-corrected chi connectivity index (χ2v) is 2.23. The van der Waals surface area contributed by atoms with Gasteiger partial charge in [-0.1, -0.05) is 0 Å². The van der Waals surface area contributed by atoms with Crippen molar-refractivity contribution >= 4 is 18.7 Å². The Morgan fingerprint density at radius 3 is 2.00 bits per heavy atom. The quantitative estimate of drug-likeness (QED) is 0.443. The predicted octanol–water partition coefficient (Wildman–Crippen LogP) is 1.50. The summed E-state index contributed by atoms with van der Waals surface area (Å²) in [4.78, 5) is 2.06. The van der Waals surface area contributed by atoms with E-state index in [1.54, 1.807) is 0 Å². The lowest BCUT2D eigenvalue weighted by Gasteiger charge is -2.22. The lowest BCUT2D eigenvalue weighted by Crippen LogP contribution is -2.27. The van der Waals surface area contributed by atoms with Gasteiger partial charge < -0.3 is 4.90 Å². The van der Waals surface area contributed by atoms with Crippen LogP contribution in [0.4, 0.5) is 0 Å². The van der Waals surface area contributed by atoms with Crippen molar-refractivity contribution in [3.05, 3.63) is 0 Å². The summed E-state index contributed by atoms with van der Waals surface area (Å²) in [7, 11) is 0. The Labute approximate surface area is 62.2 Å². The SMILES string of the molecule is Cl.N=CN1CCCCC1. The van der Waals surface area contributed by atoms with Crippen molar-refractivity contribution in [3.63, 3.8) is 0 Å². The van der Waals surface area contributed by atoms with Crippen LogP contribution in [0.5, 0.6) is 0 Å². The minimum Gasteiger partial charge on any atom is -0.363 e. The molecule has 9 heavy (non-hydrogen) atoms. The molecule has 0 aromatic carbocycles. The monoisotopic (exact) mass is 148 g/mol. The van der Waals surface area contributed by atoms with Crippen molar-refractivity contribution in [1.29, 1.82) is 5.41 Å². The van der Waals surface area contributed by atoms with Crippen molar-refractivity contribution in [2.24, 2.45) is 0 Å². The van der Waals surface area contributed by atoms with Crippen LogP contribution in [-0.2, 0) is 0 Å². The van der Waals surface area contributed by atoms with Crippen molar-refractivity contribution in [2.45, 2.75) is 19.3 Å². The van der Waals surface area contributed by atoms with Gasteiger partial charge in [0.25, 0.3) is 0 Å². The van der Waals surface area contributed by atoms with Gasteiger partial charge in [0.15, 0.2) is 0 Å². The average molecular weight is 149 g/mol. The molecule has 0 aliphatic carbocycles. The van der Waals surface area contributed by atoms with Crippen molar-refractivity contribution in [1.82, 2.24) is 4.90 Å². The van der Waals surface area contributed by atoms with Crippen molar-refractivity contribution in [2.75, 3.05) is 13.1 Å². The van der Waals surface area contributed by atoms with E-state index in [2.05, 4.69) is 4.90 Å². The molecule has 54 valence electrons. The smallest absolute Gasteiger partial charge is 0.0817 e. The van der Waals surface area contributed by atoms with Crippen LogP contribution < -0.4 is 0 Å². The molecule has 0 saturated carbocycles. The van der Waals surface area contributed by atoms with Crippen LogP contribution >= 0.6 is 12.4 Å². The van der Waals surface area contributed by atoms with Gasteiger partial charge in [-0.15, -0.1) is 12.4 Å². The fourth-order valence-corrected chi connectivity index (χ4v) is 1.05. The number of nitrogens with zero attached hydrogens (tertiary/aromatic N) is 1. The normalized spacial score (nSPS) is 18.4. The summed E-state index contributed by atoms with van der Waals surface area (Å²) < 4.78 is 0. The van der Waals surface area contributed by atoms with Gasteiger partial charge in [0.1, 0.15) is 0 Å². The number of piperidine rings is 1. The van der Waals surface area contributed by atoms with Crippen LogP contribution in [0, 0.1) is 5.41 Å². The number of rotatable bonds is 1. The molecule has 1 aliphatic rings. The van der Waals surface area contributed by atoms with E-state index >= 15 is 0 Å². The molecule has 1 N–H and O–H groups in total. The molecule has 1 aliphatic heterocycles. The molecule has 1 heterocycles. The zero-order chi connectivity index (χ0) is 5.82. The summed E-state index contributed by atoms with van der Waals surface area (Å²) >= 11 is 0. The van der Waals surface area contributed by atoms with E-state index in [0.717, 1.165) is 13.1 Å².